The van der Waals surface area contributed by atoms with Crippen LogP contribution >= 0.6 is 0 Å². The number of para-hydroxylation sites is 2. The number of hydrogen-bond acceptors (Lipinski definition) is 5. The van der Waals surface area contributed by atoms with Gasteiger partial charge in [-0.25, -0.2) is 0 Å². The Labute approximate surface area is 169 Å². The molecule has 1 saturated heterocycles. The van der Waals surface area contributed by atoms with Crippen molar-refractivity contribution < 1.29 is 19.5 Å². The fraction of sp³-hybridized carbons (Fsp3) is 0.227. The number of amides is 2. The van der Waals surface area contributed by atoms with Gasteiger partial charge in [0.15, 0.2) is 0 Å². The van der Waals surface area contributed by atoms with Gasteiger partial charge in [-0.3, -0.25) is 9.59 Å². The number of carboxylic acid groups (broad SMARTS) is 1. The van der Waals surface area contributed by atoms with Crippen molar-refractivity contribution in [2.45, 2.75) is 6.92 Å². The van der Waals surface area contributed by atoms with Crippen molar-refractivity contribution in [1.29, 1.82) is 0 Å². The average molecular weight is 392 g/mol. The van der Waals surface area contributed by atoms with Gasteiger partial charge < -0.3 is 25.0 Å². The molecule has 0 aliphatic carbocycles. The van der Waals surface area contributed by atoms with Crippen LogP contribution in [0.25, 0.3) is 0 Å². The lowest BCUT2D eigenvalue weighted by Gasteiger charge is -2.37. The van der Waals surface area contributed by atoms with Gasteiger partial charge in [0.2, 0.25) is 5.91 Å². The number of carbonyl (C=O) groups excluding carboxylic acids is 3. The standard InChI is InChI=1S/C22H23N3O4/c1-16-6-2-5-9-19(16)24-12-14-25(15-13-24)22(29)17-7-3-4-8-18(17)23-20(26)10-11-21(27)28/h2-11H,12-15H2,1H3,(H,23,26)(H,27,28)/p-1. The molecule has 1 aliphatic heterocycles. The third kappa shape index (κ3) is 5.01. The Bertz CT molecular complexity index is 947. The number of rotatable bonds is 5. The maximum Gasteiger partial charge on any atom is 0.256 e. The first-order valence-corrected chi connectivity index (χ1v) is 9.34. The Morgan fingerprint density at radius 1 is 0.931 bits per heavy atom. The molecule has 0 spiro atoms. The van der Waals surface area contributed by atoms with Gasteiger partial charge in [0.25, 0.3) is 5.91 Å². The largest absolute Gasteiger partial charge is 0.545 e. The summed E-state index contributed by atoms with van der Waals surface area (Å²) in [5.74, 6) is -2.27. The van der Waals surface area contributed by atoms with Crippen LogP contribution in [0.4, 0.5) is 11.4 Å². The maximum absolute atomic E-state index is 13.0. The van der Waals surface area contributed by atoms with Gasteiger partial charge in [-0.05, 0) is 36.8 Å². The highest BCUT2D eigenvalue weighted by atomic mass is 16.4. The number of anilines is 2. The first kappa shape index (κ1) is 20.1. The zero-order valence-electron chi connectivity index (χ0n) is 16.1. The minimum atomic E-state index is -1.46. The van der Waals surface area contributed by atoms with E-state index in [9.17, 15) is 19.5 Å². The lowest BCUT2D eigenvalue weighted by Crippen LogP contribution is -2.49. The Morgan fingerprint density at radius 2 is 1.59 bits per heavy atom. The van der Waals surface area contributed by atoms with Crippen LogP contribution in [0.1, 0.15) is 15.9 Å². The van der Waals surface area contributed by atoms with Crippen molar-refractivity contribution in [2.75, 3.05) is 36.4 Å². The van der Waals surface area contributed by atoms with E-state index in [0.29, 0.717) is 30.4 Å². The van der Waals surface area contributed by atoms with Gasteiger partial charge in [0.1, 0.15) is 0 Å². The van der Waals surface area contributed by atoms with E-state index in [2.05, 4.69) is 29.3 Å². The molecule has 0 aromatic heterocycles. The van der Waals surface area contributed by atoms with E-state index in [-0.39, 0.29) is 5.91 Å². The molecule has 0 atom stereocenters. The number of nitrogens with one attached hydrogen (secondary N) is 1. The highest BCUT2D eigenvalue weighted by Gasteiger charge is 2.24. The fourth-order valence-electron chi connectivity index (χ4n) is 3.34. The predicted molar refractivity (Wildman–Crippen MR) is 109 cm³/mol. The molecule has 7 heteroatoms. The van der Waals surface area contributed by atoms with Crippen LogP contribution < -0.4 is 15.3 Å². The number of carboxylic acids is 1. The first-order chi connectivity index (χ1) is 14.0. The second kappa shape index (κ2) is 9.05. The molecule has 2 amide bonds. The van der Waals surface area contributed by atoms with Crippen LogP contribution in [-0.4, -0.2) is 48.9 Å². The maximum atomic E-state index is 13.0. The summed E-state index contributed by atoms with van der Waals surface area (Å²) in [5.41, 5.74) is 3.08. The SMILES string of the molecule is Cc1ccccc1N1CCN(C(=O)c2ccccc2NC(=O)C=CC(=O)[O-])CC1. The van der Waals surface area contributed by atoms with E-state index in [1.54, 1.807) is 29.2 Å². The van der Waals surface area contributed by atoms with Gasteiger partial charge in [-0.1, -0.05) is 30.3 Å². The molecule has 0 radical (unpaired) electrons. The summed E-state index contributed by atoms with van der Waals surface area (Å²) >= 11 is 0. The molecule has 1 fully saturated rings. The van der Waals surface area contributed by atoms with Crippen LogP contribution in [0.15, 0.2) is 60.7 Å². The predicted octanol–water partition coefficient (Wildman–Crippen LogP) is 1.20. The normalized spacial score (nSPS) is 14.1. The molecule has 150 valence electrons. The number of benzene rings is 2. The third-order valence-electron chi connectivity index (χ3n) is 4.81. The number of carbonyl (C=O) groups is 3. The van der Waals surface area contributed by atoms with Gasteiger partial charge in [-0.2, -0.15) is 0 Å². The number of hydrogen-bond donors (Lipinski definition) is 1. The lowest BCUT2D eigenvalue weighted by molar-refractivity contribution is -0.297. The van der Waals surface area contributed by atoms with Crippen molar-refractivity contribution in [3.05, 3.63) is 71.8 Å². The second-order valence-electron chi connectivity index (χ2n) is 6.75. The number of nitrogens with zero attached hydrogens (tertiary/aromatic N) is 2. The summed E-state index contributed by atoms with van der Waals surface area (Å²) in [6.45, 7) is 4.65. The van der Waals surface area contributed by atoms with E-state index in [1.165, 1.54) is 11.3 Å². The molecule has 0 bridgehead atoms. The molecule has 3 rings (SSSR count). The molecule has 2 aromatic carbocycles. The van der Waals surface area contributed by atoms with Crippen LogP contribution in [0, 0.1) is 6.92 Å². The molecular formula is C22H22N3O4-. The quantitative estimate of drug-likeness (QED) is 0.772. The Balaban J connectivity index is 1.68. The fourth-order valence-corrected chi connectivity index (χ4v) is 3.34. The summed E-state index contributed by atoms with van der Waals surface area (Å²) in [6, 6.07) is 14.8. The molecule has 1 N–H and O–H groups in total. The van der Waals surface area contributed by atoms with Gasteiger partial charge in [0.05, 0.1) is 17.2 Å². The molecule has 1 heterocycles. The van der Waals surface area contributed by atoms with Crippen molar-refractivity contribution in [1.82, 2.24) is 4.90 Å². The molecule has 7 nitrogen and oxygen atoms in total. The summed E-state index contributed by atoms with van der Waals surface area (Å²) in [6.07, 6.45) is 1.50. The van der Waals surface area contributed by atoms with Crippen molar-refractivity contribution in [3.8, 4) is 0 Å². The smallest absolute Gasteiger partial charge is 0.256 e. The summed E-state index contributed by atoms with van der Waals surface area (Å²) in [7, 11) is 0. The molecule has 0 unspecified atom stereocenters. The second-order valence-corrected chi connectivity index (χ2v) is 6.75. The van der Waals surface area contributed by atoms with Gasteiger partial charge in [-0.15, -0.1) is 0 Å². The van der Waals surface area contributed by atoms with Crippen LogP contribution in [0.5, 0.6) is 0 Å². The zero-order chi connectivity index (χ0) is 20.8. The molecular weight excluding hydrogens is 370 g/mol. The third-order valence-corrected chi connectivity index (χ3v) is 4.81. The summed E-state index contributed by atoms with van der Waals surface area (Å²) < 4.78 is 0. The van der Waals surface area contributed by atoms with E-state index >= 15 is 0 Å². The van der Waals surface area contributed by atoms with Gasteiger partial charge in [0, 0.05) is 37.9 Å². The minimum Gasteiger partial charge on any atom is -0.545 e. The Kier molecular flexibility index (Phi) is 6.29. The van der Waals surface area contributed by atoms with Crippen LogP contribution in [0.2, 0.25) is 0 Å². The van der Waals surface area contributed by atoms with E-state index in [1.807, 2.05) is 12.1 Å². The highest BCUT2D eigenvalue weighted by Crippen LogP contribution is 2.23. The molecule has 2 aromatic rings. The van der Waals surface area contributed by atoms with E-state index in [4.69, 9.17) is 0 Å². The lowest BCUT2D eigenvalue weighted by atomic mass is 10.1. The molecule has 0 saturated carbocycles. The number of piperazine rings is 1. The summed E-state index contributed by atoms with van der Waals surface area (Å²) in [5, 5.41) is 13.0. The summed E-state index contributed by atoms with van der Waals surface area (Å²) in [4.78, 5) is 39.4. The zero-order valence-corrected chi connectivity index (χ0v) is 16.1. The topological polar surface area (TPSA) is 92.8 Å². The monoisotopic (exact) mass is 392 g/mol. The van der Waals surface area contributed by atoms with Crippen molar-refractivity contribution in [3.63, 3.8) is 0 Å². The minimum absolute atomic E-state index is 0.172. The first-order valence-electron chi connectivity index (χ1n) is 9.34. The molecule has 1 aliphatic rings. The van der Waals surface area contributed by atoms with E-state index < -0.39 is 11.9 Å². The number of aliphatic carboxylic acids is 1. The van der Waals surface area contributed by atoms with Crippen molar-refractivity contribution >= 4 is 29.2 Å². The Morgan fingerprint density at radius 3 is 2.28 bits per heavy atom. The number of aryl methyl sites for hydroxylation is 1. The Hall–Kier alpha value is -3.61. The van der Waals surface area contributed by atoms with Crippen LogP contribution in [-0.2, 0) is 9.59 Å². The van der Waals surface area contributed by atoms with Crippen molar-refractivity contribution in [2.24, 2.45) is 0 Å². The van der Waals surface area contributed by atoms with E-state index in [0.717, 1.165) is 19.2 Å². The van der Waals surface area contributed by atoms with Gasteiger partial charge >= 0.3 is 0 Å². The molecule has 29 heavy (non-hydrogen) atoms. The highest BCUT2D eigenvalue weighted by molar-refractivity contribution is 6.07. The average Bonchev–Trinajstić information content (AvgIpc) is 2.73. The van der Waals surface area contributed by atoms with Crippen LogP contribution in [0.3, 0.4) is 0 Å².